The number of aromatic nitrogens is 3. The number of aliphatic imine (C=N–C) groups is 1. The number of carbonyl (C=O) groups is 2. The highest BCUT2D eigenvalue weighted by Gasteiger charge is 2.33. The quantitative estimate of drug-likeness (QED) is 0.227. The molecule has 1 aliphatic rings. The van der Waals surface area contributed by atoms with Crippen molar-refractivity contribution in [2.24, 2.45) is 4.99 Å². The second-order valence-electron chi connectivity index (χ2n) is 9.95. The molecule has 1 N–H and O–H groups in total. The number of amidine groups is 1. The molecule has 0 aliphatic carbocycles. The summed E-state index contributed by atoms with van der Waals surface area (Å²) in [6, 6.07) is 17.3. The number of hydrogen-bond donors (Lipinski definition) is 1. The van der Waals surface area contributed by atoms with Crippen LogP contribution in [0.3, 0.4) is 0 Å². The van der Waals surface area contributed by atoms with Crippen molar-refractivity contribution >= 4 is 40.6 Å². The van der Waals surface area contributed by atoms with E-state index in [1.807, 2.05) is 19.9 Å². The molecule has 4 aromatic rings. The van der Waals surface area contributed by atoms with Crippen LogP contribution in [-0.2, 0) is 4.79 Å². The van der Waals surface area contributed by atoms with Gasteiger partial charge in [-0.3, -0.25) is 9.69 Å². The molecule has 0 atom stereocenters. The number of benzene rings is 3. The zero-order valence-corrected chi connectivity index (χ0v) is 25.1. The molecule has 1 aromatic heterocycles. The lowest BCUT2D eigenvalue weighted by atomic mass is 10.00. The van der Waals surface area contributed by atoms with Crippen molar-refractivity contribution in [2.75, 3.05) is 17.8 Å². The summed E-state index contributed by atoms with van der Waals surface area (Å²) in [6.07, 6.45) is -0.171. The number of alkyl halides is 3. The van der Waals surface area contributed by atoms with Gasteiger partial charge in [0.2, 0.25) is 5.91 Å². The first kappa shape index (κ1) is 31.3. The van der Waals surface area contributed by atoms with Gasteiger partial charge in [0.15, 0.2) is 11.0 Å². The van der Waals surface area contributed by atoms with Crippen molar-refractivity contribution in [2.45, 2.75) is 26.1 Å². The van der Waals surface area contributed by atoms with E-state index in [4.69, 9.17) is 4.74 Å². The second-order valence-corrected chi connectivity index (χ2v) is 10.9. The number of nitrogens with zero attached hydrogens (tertiary/aromatic N) is 5. The number of methoxy groups -OCH3 is 1. The minimum atomic E-state index is -4.77. The second kappa shape index (κ2) is 13.3. The highest BCUT2D eigenvalue weighted by Crippen LogP contribution is 2.35. The Labute approximate surface area is 260 Å². The van der Waals surface area contributed by atoms with Gasteiger partial charge < -0.3 is 14.8 Å². The molecule has 45 heavy (non-hydrogen) atoms. The van der Waals surface area contributed by atoms with Gasteiger partial charge >= 0.3 is 12.4 Å². The zero-order valence-electron chi connectivity index (χ0n) is 24.3. The van der Waals surface area contributed by atoms with Gasteiger partial charge in [0.25, 0.3) is 0 Å². The van der Waals surface area contributed by atoms with Crippen LogP contribution in [0.5, 0.6) is 11.5 Å². The fraction of sp³-hybridized carbons (Fsp3) is 0.194. The van der Waals surface area contributed by atoms with E-state index in [9.17, 15) is 22.8 Å². The summed E-state index contributed by atoms with van der Waals surface area (Å²) in [5.41, 5.74) is 3.56. The van der Waals surface area contributed by atoms with E-state index < -0.39 is 12.4 Å². The molecule has 0 radical (unpaired) electrons. The van der Waals surface area contributed by atoms with Gasteiger partial charge in [0, 0.05) is 11.8 Å². The number of halogens is 3. The van der Waals surface area contributed by atoms with Crippen LogP contribution in [0.1, 0.15) is 30.9 Å². The average Bonchev–Trinajstić information content (AvgIpc) is 3.64. The van der Waals surface area contributed by atoms with Crippen LogP contribution in [-0.4, -0.2) is 51.1 Å². The summed E-state index contributed by atoms with van der Waals surface area (Å²) in [4.78, 5) is 35.3. The van der Waals surface area contributed by atoms with Gasteiger partial charge in [-0.05, 0) is 65.6 Å². The Bertz CT molecular complexity index is 1750. The Morgan fingerprint density at radius 3 is 2.44 bits per heavy atom. The maximum atomic E-state index is 12.8. The lowest BCUT2D eigenvalue weighted by molar-refractivity contribution is -0.274. The molecule has 1 fully saturated rings. The molecule has 0 spiro atoms. The Balaban J connectivity index is 1.21. The molecular formula is C31H27F3N6O4S. The van der Waals surface area contributed by atoms with Crippen molar-refractivity contribution in [1.29, 1.82) is 0 Å². The van der Waals surface area contributed by atoms with Crippen LogP contribution in [0.15, 0.2) is 84.2 Å². The number of anilines is 1. The van der Waals surface area contributed by atoms with Crippen molar-refractivity contribution in [3.8, 4) is 28.6 Å². The zero-order chi connectivity index (χ0) is 32.1. The fourth-order valence-electron chi connectivity index (χ4n) is 4.40. The number of ether oxygens (including phenoxy) is 2. The summed E-state index contributed by atoms with van der Waals surface area (Å²) < 4.78 is 47.9. The van der Waals surface area contributed by atoms with Crippen LogP contribution in [0, 0.1) is 0 Å². The van der Waals surface area contributed by atoms with E-state index in [2.05, 4.69) is 25.1 Å². The third-order valence-electron chi connectivity index (χ3n) is 6.54. The third-order valence-corrected chi connectivity index (χ3v) is 7.46. The van der Waals surface area contributed by atoms with Crippen LogP contribution in [0.2, 0.25) is 0 Å². The number of amides is 3. The van der Waals surface area contributed by atoms with Gasteiger partial charge in [-0.15, -0.1) is 18.3 Å². The molecule has 3 aromatic carbocycles. The Morgan fingerprint density at radius 1 is 1.07 bits per heavy atom. The molecule has 1 saturated heterocycles. The van der Waals surface area contributed by atoms with E-state index in [1.165, 1.54) is 58.1 Å². The maximum absolute atomic E-state index is 12.8. The SMILES string of the molecule is COc1ccc(N2C(=O)CSC2=NC(=O)N/C=C/c2ccc(-c3ncn(-c4ccc(OC(F)(F)F)cc4)n3)cc2)c(C(C)C)c1. The molecule has 10 nitrogen and oxygen atoms in total. The molecule has 0 saturated carbocycles. The largest absolute Gasteiger partial charge is 0.573 e. The number of rotatable bonds is 8. The van der Waals surface area contributed by atoms with Crippen LogP contribution in [0.4, 0.5) is 23.7 Å². The van der Waals surface area contributed by atoms with Gasteiger partial charge in [0.05, 0.1) is 24.2 Å². The minimum absolute atomic E-state index is 0.104. The monoisotopic (exact) mass is 636 g/mol. The molecule has 3 amide bonds. The van der Waals surface area contributed by atoms with E-state index >= 15 is 0 Å². The summed E-state index contributed by atoms with van der Waals surface area (Å²) in [7, 11) is 1.58. The fourth-order valence-corrected chi connectivity index (χ4v) is 5.26. The van der Waals surface area contributed by atoms with E-state index in [1.54, 1.807) is 49.6 Å². The first-order chi connectivity index (χ1) is 21.5. The lowest BCUT2D eigenvalue weighted by Gasteiger charge is -2.22. The number of nitrogens with one attached hydrogen (secondary N) is 1. The van der Waals surface area contributed by atoms with E-state index in [-0.39, 0.29) is 23.3 Å². The molecule has 232 valence electrons. The topological polar surface area (TPSA) is 111 Å². The average molecular weight is 637 g/mol. The first-order valence-electron chi connectivity index (χ1n) is 13.6. The third kappa shape index (κ3) is 7.70. The van der Waals surface area contributed by atoms with Gasteiger partial charge in [-0.2, -0.15) is 4.99 Å². The molecule has 14 heteroatoms. The Hall–Kier alpha value is -5.11. The molecule has 0 bridgehead atoms. The van der Waals surface area contributed by atoms with Crippen molar-refractivity contribution in [3.63, 3.8) is 0 Å². The maximum Gasteiger partial charge on any atom is 0.573 e. The molecule has 5 rings (SSSR count). The number of thioether (sulfide) groups is 1. The summed E-state index contributed by atoms with van der Waals surface area (Å²) >= 11 is 1.19. The standard InChI is InChI=1S/C31H27F3N6O4S/c1-19(2)25-16-24(43-3)12-13-26(25)40-27(41)17-45-30(40)37-29(42)35-15-14-20-4-6-21(7-5-20)28-36-18-39(38-28)22-8-10-23(11-9-22)44-31(32,33)34/h4-16,18-19H,17H2,1-3H3,(H,35,42)/b15-14+,37-30?. The predicted octanol–water partition coefficient (Wildman–Crippen LogP) is 6.78. The summed E-state index contributed by atoms with van der Waals surface area (Å²) in [6.45, 7) is 4.03. The number of carbonyl (C=O) groups excluding carboxylic acids is 2. The van der Waals surface area contributed by atoms with Crippen LogP contribution in [0.25, 0.3) is 23.2 Å². The minimum Gasteiger partial charge on any atom is -0.497 e. The normalized spacial score (nSPS) is 14.5. The smallest absolute Gasteiger partial charge is 0.497 e. The van der Waals surface area contributed by atoms with E-state index in [0.29, 0.717) is 33.7 Å². The highest BCUT2D eigenvalue weighted by atomic mass is 32.2. The molecular weight excluding hydrogens is 609 g/mol. The van der Waals surface area contributed by atoms with Crippen molar-refractivity contribution in [1.82, 2.24) is 20.1 Å². The molecule has 1 aliphatic heterocycles. The van der Waals surface area contributed by atoms with Gasteiger partial charge in [-0.1, -0.05) is 49.9 Å². The van der Waals surface area contributed by atoms with Crippen molar-refractivity contribution < 1.29 is 32.2 Å². The van der Waals surface area contributed by atoms with Crippen LogP contribution < -0.4 is 19.7 Å². The highest BCUT2D eigenvalue weighted by molar-refractivity contribution is 8.15. The Kier molecular flexibility index (Phi) is 9.23. The first-order valence-corrected chi connectivity index (χ1v) is 14.6. The van der Waals surface area contributed by atoms with E-state index in [0.717, 1.165) is 11.1 Å². The number of hydrogen-bond acceptors (Lipinski definition) is 7. The van der Waals surface area contributed by atoms with Gasteiger partial charge in [0.1, 0.15) is 17.8 Å². The Morgan fingerprint density at radius 2 is 1.78 bits per heavy atom. The van der Waals surface area contributed by atoms with Crippen molar-refractivity contribution in [3.05, 3.63) is 90.4 Å². The van der Waals surface area contributed by atoms with Gasteiger partial charge in [-0.25, -0.2) is 14.5 Å². The summed E-state index contributed by atoms with van der Waals surface area (Å²) in [5, 5.41) is 7.29. The van der Waals surface area contributed by atoms with Crippen LogP contribution >= 0.6 is 11.8 Å². The summed E-state index contributed by atoms with van der Waals surface area (Å²) in [5.74, 6) is 0.870. The number of urea groups is 1. The molecule has 0 unspecified atom stereocenters. The predicted molar refractivity (Wildman–Crippen MR) is 166 cm³/mol. The lowest BCUT2D eigenvalue weighted by Crippen LogP contribution is -2.31. The molecule has 2 heterocycles.